The van der Waals surface area contributed by atoms with Crippen molar-refractivity contribution in [2.24, 2.45) is 0 Å². The third-order valence-corrected chi connectivity index (χ3v) is 7.30. The maximum absolute atomic E-state index is 12.8. The largest absolute Gasteiger partial charge is 0.356 e. The molecule has 2 fully saturated rings. The van der Waals surface area contributed by atoms with Gasteiger partial charge in [0, 0.05) is 32.1 Å². The third-order valence-electron chi connectivity index (χ3n) is 5.42. The molecule has 1 aromatic rings. The molecule has 10 heteroatoms. The van der Waals surface area contributed by atoms with E-state index in [9.17, 15) is 22.8 Å². The molecule has 2 aliphatic rings. The fourth-order valence-corrected chi connectivity index (χ4v) is 5.24. The van der Waals surface area contributed by atoms with Gasteiger partial charge in [-0.1, -0.05) is 25.1 Å². The van der Waals surface area contributed by atoms with Crippen molar-refractivity contribution >= 4 is 33.6 Å². The van der Waals surface area contributed by atoms with Crippen LogP contribution in [-0.2, 0) is 19.6 Å². The van der Waals surface area contributed by atoms with E-state index in [0.717, 1.165) is 6.42 Å². The number of nitrogens with zero attached hydrogens (tertiary/aromatic N) is 3. The van der Waals surface area contributed by atoms with Crippen molar-refractivity contribution < 1.29 is 22.8 Å². The molecule has 4 amide bonds. The van der Waals surface area contributed by atoms with Crippen LogP contribution in [0.4, 0.5) is 10.5 Å². The standard InChI is InChI=1S/C20H28N4O5S/c1-2-11-21-18(25)10-14-30(28,29)22-12-8-16(9-13-22)23-15-19(26)24(20(23)27)17-6-4-3-5-7-17/h3-7,16H,2,8-15H2,1H3,(H,21,25). The number of nitrogens with one attached hydrogen (secondary N) is 1. The number of carbonyl (C=O) groups is 3. The average Bonchev–Trinajstić information content (AvgIpc) is 3.05. The molecule has 0 radical (unpaired) electrons. The van der Waals surface area contributed by atoms with Crippen molar-refractivity contribution in [3.63, 3.8) is 0 Å². The molecule has 0 spiro atoms. The summed E-state index contributed by atoms with van der Waals surface area (Å²) in [5, 5.41) is 2.68. The molecule has 0 bridgehead atoms. The highest BCUT2D eigenvalue weighted by Gasteiger charge is 2.42. The predicted octanol–water partition coefficient (Wildman–Crippen LogP) is 1.17. The monoisotopic (exact) mass is 436 g/mol. The molecule has 1 aromatic carbocycles. The molecule has 164 valence electrons. The van der Waals surface area contributed by atoms with Gasteiger partial charge in [-0.3, -0.25) is 9.59 Å². The molecule has 0 saturated carbocycles. The highest BCUT2D eigenvalue weighted by Crippen LogP contribution is 2.27. The first-order valence-corrected chi connectivity index (χ1v) is 11.9. The summed E-state index contributed by atoms with van der Waals surface area (Å²) < 4.78 is 26.5. The number of benzene rings is 1. The van der Waals surface area contributed by atoms with Gasteiger partial charge >= 0.3 is 6.03 Å². The van der Waals surface area contributed by atoms with Crippen LogP contribution >= 0.6 is 0 Å². The van der Waals surface area contributed by atoms with E-state index in [1.807, 2.05) is 13.0 Å². The Balaban J connectivity index is 1.55. The van der Waals surface area contributed by atoms with Gasteiger partial charge < -0.3 is 10.2 Å². The van der Waals surface area contributed by atoms with E-state index in [1.165, 1.54) is 14.1 Å². The van der Waals surface area contributed by atoms with E-state index in [4.69, 9.17) is 0 Å². The zero-order chi connectivity index (χ0) is 21.7. The molecule has 9 nitrogen and oxygen atoms in total. The minimum atomic E-state index is -3.54. The number of hydrogen-bond acceptors (Lipinski definition) is 5. The van der Waals surface area contributed by atoms with E-state index in [2.05, 4.69) is 5.32 Å². The Labute approximate surface area is 177 Å². The van der Waals surface area contributed by atoms with Crippen LogP contribution in [0.2, 0.25) is 0 Å². The van der Waals surface area contributed by atoms with Crippen molar-refractivity contribution in [2.75, 3.05) is 36.8 Å². The summed E-state index contributed by atoms with van der Waals surface area (Å²) in [4.78, 5) is 39.6. The Morgan fingerprint density at radius 3 is 2.43 bits per heavy atom. The van der Waals surface area contributed by atoms with E-state index in [1.54, 1.807) is 24.3 Å². The molecule has 30 heavy (non-hydrogen) atoms. The van der Waals surface area contributed by atoms with Crippen LogP contribution < -0.4 is 10.2 Å². The number of piperidine rings is 1. The average molecular weight is 437 g/mol. The zero-order valence-corrected chi connectivity index (χ0v) is 17.9. The van der Waals surface area contributed by atoms with Gasteiger partial charge in [0.1, 0.15) is 6.54 Å². The number of para-hydroxylation sites is 1. The van der Waals surface area contributed by atoms with Crippen LogP contribution in [0.15, 0.2) is 30.3 Å². The van der Waals surface area contributed by atoms with Crippen LogP contribution in [-0.4, -0.2) is 73.4 Å². The van der Waals surface area contributed by atoms with Crippen molar-refractivity contribution in [1.29, 1.82) is 0 Å². The summed E-state index contributed by atoms with van der Waals surface area (Å²) in [6.45, 7) is 3.01. The van der Waals surface area contributed by atoms with Crippen LogP contribution in [0, 0.1) is 0 Å². The van der Waals surface area contributed by atoms with Crippen LogP contribution in [0.3, 0.4) is 0 Å². The van der Waals surface area contributed by atoms with E-state index >= 15 is 0 Å². The second-order valence-corrected chi connectivity index (χ2v) is 9.61. The summed E-state index contributed by atoms with van der Waals surface area (Å²) in [5.41, 5.74) is 0.538. The molecular formula is C20H28N4O5S. The number of amides is 4. The lowest BCUT2D eigenvalue weighted by atomic mass is 10.1. The minimum Gasteiger partial charge on any atom is -0.356 e. The Kier molecular flexibility index (Phi) is 7.09. The molecular weight excluding hydrogens is 408 g/mol. The van der Waals surface area contributed by atoms with Gasteiger partial charge in [-0.15, -0.1) is 0 Å². The predicted molar refractivity (Wildman–Crippen MR) is 112 cm³/mol. The minimum absolute atomic E-state index is 0.00272. The molecule has 0 aromatic heterocycles. The number of urea groups is 1. The first-order chi connectivity index (χ1) is 14.3. The first kappa shape index (κ1) is 22.2. The summed E-state index contributed by atoms with van der Waals surface area (Å²) in [6, 6.07) is 8.23. The van der Waals surface area contributed by atoms with Crippen molar-refractivity contribution in [1.82, 2.24) is 14.5 Å². The molecule has 0 unspecified atom stereocenters. The van der Waals surface area contributed by atoms with Crippen LogP contribution in [0.5, 0.6) is 0 Å². The highest BCUT2D eigenvalue weighted by atomic mass is 32.2. The van der Waals surface area contributed by atoms with E-state index in [0.29, 0.717) is 25.1 Å². The van der Waals surface area contributed by atoms with Gasteiger partial charge in [0.25, 0.3) is 5.91 Å². The van der Waals surface area contributed by atoms with E-state index in [-0.39, 0.29) is 55.7 Å². The lowest BCUT2D eigenvalue weighted by Crippen LogP contribution is -2.48. The number of rotatable bonds is 8. The molecule has 0 aliphatic carbocycles. The summed E-state index contributed by atoms with van der Waals surface area (Å²) in [6.07, 6.45) is 1.66. The van der Waals surface area contributed by atoms with Crippen LogP contribution in [0.1, 0.15) is 32.6 Å². The number of imide groups is 1. The quantitative estimate of drug-likeness (QED) is 0.616. The SMILES string of the molecule is CCCNC(=O)CCS(=O)(=O)N1CCC(N2CC(=O)N(c3ccccc3)C2=O)CC1. The van der Waals surface area contributed by atoms with Crippen molar-refractivity contribution in [3.05, 3.63) is 30.3 Å². The first-order valence-electron chi connectivity index (χ1n) is 10.3. The zero-order valence-electron chi connectivity index (χ0n) is 17.1. The van der Waals surface area contributed by atoms with Gasteiger partial charge in [0.2, 0.25) is 15.9 Å². The van der Waals surface area contributed by atoms with Crippen molar-refractivity contribution in [2.45, 2.75) is 38.6 Å². The van der Waals surface area contributed by atoms with Gasteiger partial charge in [-0.2, -0.15) is 0 Å². The molecule has 1 N–H and O–H groups in total. The number of carbonyl (C=O) groups excluding carboxylic acids is 3. The Morgan fingerprint density at radius 1 is 1.13 bits per heavy atom. The maximum atomic E-state index is 12.8. The molecule has 0 atom stereocenters. The topological polar surface area (TPSA) is 107 Å². The normalized spacial score (nSPS) is 18.8. The maximum Gasteiger partial charge on any atom is 0.332 e. The Morgan fingerprint density at radius 2 is 1.80 bits per heavy atom. The molecule has 2 heterocycles. The van der Waals surface area contributed by atoms with Crippen molar-refractivity contribution in [3.8, 4) is 0 Å². The van der Waals surface area contributed by atoms with Gasteiger partial charge in [0.05, 0.1) is 11.4 Å². The Hall–Kier alpha value is -2.46. The Bertz CT molecular complexity index is 882. The summed E-state index contributed by atoms with van der Waals surface area (Å²) >= 11 is 0. The fraction of sp³-hybridized carbons (Fsp3) is 0.550. The summed E-state index contributed by atoms with van der Waals surface area (Å²) in [5.74, 6) is -0.771. The second-order valence-electron chi connectivity index (χ2n) is 7.52. The molecule has 2 saturated heterocycles. The number of anilines is 1. The van der Waals surface area contributed by atoms with Crippen LogP contribution in [0.25, 0.3) is 0 Å². The number of sulfonamides is 1. The van der Waals surface area contributed by atoms with Gasteiger partial charge in [-0.25, -0.2) is 22.4 Å². The second kappa shape index (κ2) is 9.57. The van der Waals surface area contributed by atoms with Gasteiger partial charge in [0.15, 0.2) is 0 Å². The number of hydrogen-bond donors (Lipinski definition) is 1. The fourth-order valence-electron chi connectivity index (χ4n) is 3.77. The molecule has 2 aliphatic heterocycles. The summed E-state index contributed by atoms with van der Waals surface area (Å²) in [7, 11) is -3.54. The smallest absolute Gasteiger partial charge is 0.332 e. The van der Waals surface area contributed by atoms with Gasteiger partial charge in [-0.05, 0) is 31.4 Å². The van der Waals surface area contributed by atoms with E-state index < -0.39 is 10.0 Å². The highest BCUT2D eigenvalue weighted by molar-refractivity contribution is 7.89. The lowest BCUT2D eigenvalue weighted by Gasteiger charge is -2.35. The molecule has 3 rings (SSSR count). The third kappa shape index (κ3) is 4.99. The lowest BCUT2D eigenvalue weighted by molar-refractivity contribution is -0.120.